The van der Waals surface area contributed by atoms with Crippen LogP contribution in [0.4, 0.5) is 52.7 Å². The fourth-order valence-electron chi connectivity index (χ4n) is 12.6. The second-order valence-corrected chi connectivity index (χ2v) is 25.4. The maximum absolute atomic E-state index is 12.7. The molecule has 0 radical (unpaired) electrons. The molecule has 564 valence electrons. The normalized spacial score (nSPS) is 16.6. The van der Waals surface area contributed by atoms with Crippen LogP contribution in [-0.2, 0) is 50.9 Å². The molecule has 12 rings (SSSR count). The molecule has 5 fully saturated rings. The van der Waals surface area contributed by atoms with E-state index in [0.29, 0.717) is 126 Å². The van der Waals surface area contributed by atoms with E-state index >= 15 is 0 Å². The van der Waals surface area contributed by atoms with Gasteiger partial charge in [0, 0.05) is 47.5 Å². The molecule has 0 atom stereocenters. The number of hydrogen-bond acceptors (Lipinski definition) is 16. The summed E-state index contributed by atoms with van der Waals surface area (Å²) in [6.45, 7) is 13.0. The molecular weight excluding hydrogens is 1530 g/mol. The fraction of sp³-hybridized carbons (Fsp3) is 0.419. The summed E-state index contributed by atoms with van der Waals surface area (Å²) in [5.74, 6) is -2.46. The van der Waals surface area contributed by atoms with Crippen molar-refractivity contribution < 1.29 is 225 Å². The van der Waals surface area contributed by atoms with E-state index in [-0.39, 0.29) is 136 Å². The number of aliphatic hydroxyl groups is 2. The molecule has 0 amide bonds. The van der Waals surface area contributed by atoms with Crippen LogP contribution in [0.5, 0.6) is 23.0 Å². The number of nitrogens with zero attached hydrogens (tertiary/aromatic N) is 1. The van der Waals surface area contributed by atoms with Gasteiger partial charge >= 0.3 is 128 Å². The number of piperidine rings is 2. The Bertz CT molecular complexity index is 3670. The van der Waals surface area contributed by atoms with Gasteiger partial charge in [-0.3, -0.25) is 9.69 Å². The average Bonchev–Trinajstić information content (AvgIpc) is 1.76. The third kappa shape index (κ3) is 27.1. The Morgan fingerprint density at radius 2 is 0.752 bits per heavy atom. The SMILES string of the molecule is COC.Cc1cc(Br)ccc1C1OCCO1.Cc1cc(C=O)ccc1C1OCCO1.Cc1cc(CN2CCC(C(O)(c3ccc(OC(F)(F)F)cc3)c3ccc(OC(F)(F)F)cc3)CC2)ccc1C1OCCO1.OC(c1ccc(OC(F)(F)F)cc1)(c1ccc(OC(F)(F)F)cc1)C1CCNCC1.[H-].[H-].[K+].[K+]. The van der Waals surface area contributed by atoms with Crippen molar-refractivity contribution in [2.75, 3.05) is 80.0 Å². The number of alkyl halides is 12. The second-order valence-electron chi connectivity index (χ2n) is 24.5. The minimum absolute atomic E-state index is 0. The molecule has 5 heterocycles. The molecule has 5 aliphatic rings. The van der Waals surface area contributed by atoms with Crippen molar-refractivity contribution in [1.29, 1.82) is 0 Å². The molecule has 16 nitrogen and oxygen atoms in total. The third-order valence-corrected chi connectivity index (χ3v) is 17.7. The maximum atomic E-state index is 12.7. The topological polar surface area (TPSA) is 174 Å². The summed E-state index contributed by atoms with van der Waals surface area (Å²) in [7, 11) is 3.25. The number of halogens is 13. The largest absolute Gasteiger partial charge is 1.00 e. The summed E-state index contributed by atoms with van der Waals surface area (Å²) in [6.07, 6.45) is -17.2. The molecule has 0 unspecified atom stereocenters. The smallest absolute Gasteiger partial charge is 1.00 e. The van der Waals surface area contributed by atoms with Crippen molar-refractivity contribution in [2.45, 2.75) is 109 Å². The van der Waals surface area contributed by atoms with Gasteiger partial charge in [-0.1, -0.05) is 101 Å². The minimum atomic E-state index is -4.88. The van der Waals surface area contributed by atoms with Gasteiger partial charge in [-0.05, 0) is 196 Å². The Morgan fingerprint density at radius 1 is 0.457 bits per heavy atom. The number of benzene rings is 7. The number of methoxy groups -OCH3 is 1. The molecule has 0 bridgehead atoms. The number of carbonyl (C=O) groups excluding carboxylic acids is 1. The Morgan fingerprint density at radius 3 is 1.05 bits per heavy atom. The van der Waals surface area contributed by atoms with Crippen molar-refractivity contribution in [3.05, 3.63) is 223 Å². The van der Waals surface area contributed by atoms with Crippen molar-refractivity contribution in [2.24, 2.45) is 11.8 Å². The van der Waals surface area contributed by atoms with Crippen LogP contribution in [0, 0.1) is 32.6 Å². The Hall–Kier alpha value is -4.12. The van der Waals surface area contributed by atoms with Crippen molar-refractivity contribution in [3.8, 4) is 23.0 Å². The van der Waals surface area contributed by atoms with E-state index in [1.54, 1.807) is 20.3 Å². The number of rotatable bonds is 16. The molecule has 7 aromatic carbocycles. The number of hydrogen-bond donors (Lipinski definition) is 3. The van der Waals surface area contributed by atoms with E-state index in [9.17, 15) is 67.7 Å². The molecule has 0 aliphatic carbocycles. The van der Waals surface area contributed by atoms with Gasteiger partial charge < -0.3 is 70.5 Å². The van der Waals surface area contributed by atoms with Gasteiger partial charge in [0.2, 0.25) is 0 Å². The van der Waals surface area contributed by atoms with Crippen LogP contribution in [0.1, 0.15) is 119 Å². The molecule has 7 aromatic rings. The van der Waals surface area contributed by atoms with Crippen LogP contribution in [0.15, 0.2) is 156 Å². The standard InChI is InChI=1S/C31H31F6NO5.C20H19F6NO3.C11H12O3.C10H11BrO2.C2H6O.2K.2H/c1-20-18-21(2-11-27(20)28-40-16-17-41-28)19-38-14-12-24(13-15-38)29(39,22-3-7-25(8-4-22)42-30(32,33)34)23-5-9-26(10-6-23)43-31(35,36)37;21-19(22,23)29-16-5-1-13(2-6-16)18(28,15-9-11-27-12-10-15)14-3-7-17(8-4-14)30-20(24,25)26;1-8-6-9(7-12)2-3-10(8)11-13-4-5-14-11;1-7-6-8(11)2-3-9(7)10-12-4-5-13-10;1-3-2;;;;/h2-11,18,24,28,39H,12-17,19H2,1H3;1-8,15,27-28H,9-12H2;2-3,6-7,11H,4-5H2,1H3;2-3,6,10H,4-5H2,1H3;1-2H3;;;;/q;;;;;2*+1;2*-1. The predicted octanol–water partition coefficient (Wildman–Crippen LogP) is 10.9. The number of likely N-dealkylation sites (tertiary alicyclic amines) is 1. The Kier molecular flexibility index (Phi) is 35.3. The molecule has 0 saturated carbocycles. The molecule has 0 aromatic heterocycles. The molecule has 105 heavy (non-hydrogen) atoms. The van der Waals surface area contributed by atoms with Gasteiger partial charge in [-0.25, -0.2) is 0 Å². The first kappa shape index (κ1) is 89.8. The van der Waals surface area contributed by atoms with Crippen LogP contribution in [-0.4, -0.2) is 127 Å². The van der Waals surface area contributed by atoms with Gasteiger partial charge in [-0.15, -0.1) is 52.7 Å². The molecule has 0 spiro atoms. The Balaban J connectivity index is 0.000000325. The monoisotopic (exact) mass is 1610 g/mol. The zero-order valence-electron chi connectivity index (χ0n) is 60.7. The Labute approximate surface area is 696 Å². The predicted molar refractivity (Wildman–Crippen MR) is 358 cm³/mol. The van der Waals surface area contributed by atoms with Crippen molar-refractivity contribution in [3.63, 3.8) is 0 Å². The summed E-state index contributed by atoms with van der Waals surface area (Å²) < 4.78 is 205. The first-order valence-corrected chi connectivity index (χ1v) is 33.4. The van der Waals surface area contributed by atoms with E-state index < -0.39 is 59.6 Å². The second kappa shape index (κ2) is 41.2. The summed E-state index contributed by atoms with van der Waals surface area (Å²) >= 11 is 3.42. The first-order valence-electron chi connectivity index (χ1n) is 32.6. The summed E-state index contributed by atoms with van der Waals surface area (Å²) in [6, 6.07) is 37.2. The maximum Gasteiger partial charge on any atom is 1.00 e. The fourth-order valence-corrected chi connectivity index (χ4v) is 13.1. The number of nitrogens with one attached hydrogen (secondary N) is 1. The average molecular weight is 1610 g/mol. The summed E-state index contributed by atoms with van der Waals surface area (Å²) in [5.41, 5.74) is 6.11. The summed E-state index contributed by atoms with van der Waals surface area (Å²) in [5, 5.41) is 27.0. The molecule has 5 saturated heterocycles. The van der Waals surface area contributed by atoms with Gasteiger partial charge in [0.05, 0.1) is 39.6 Å². The van der Waals surface area contributed by atoms with Gasteiger partial charge in [0.25, 0.3) is 0 Å². The quantitative estimate of drug-likeness (QED) is 0.0473. The molecule has 31 heteroatoms. The van der Waals surface area contributed by atoms with Crippen LogP contribution in [0.3, 0.4) is 0 Å². The van der Waals surface area contributed by atoms with E-state index in [2.05, 4.69) is 68.9 Å². The third-order valence-electron chi connectivity index (χ3n) is 17.2. The molecule has 5 aliphatic heterocycles. The molecular formula is C74H81BrF12K2N2O14. The van der Waals surface area contributed by atoms with Crippen molar-refractivity contribution in [1.82, 2.24) is 10.2 Å². The number of aryl methyl sites for hydroxylation is 3. The number of aldehydes is 1. The molecule has 3 N–H and O–H groups in total. The van der Waals surface area contributed by atoms with Gasteiger partial charge in [-0.2, -0.15) is 0 Å². The summed E-state index contributed by atoms with van der Waals surface area (Å²) in [4.78, 5) is 12.8. The van der Waals surface area contributed by atoms with Crippen LogP contribution in [0.2, 0.25) is 0 Å². The van der Waals surface area contributed by atoms with Gasteiger partial charge in [0.15, 0.2) is 18.9 Å². The number of ether oxygens (including phenoxy) is 11. The van der Waals surface area contributed by atoms with E-state index in [4.69, 9.17) is 28.4 Å². The minimum Gasteiger partial charge on any atom is -1.00 e. The van der Waals surface area contributed by atoms with Crippen LogP contribution < -0.4 is 127 Å². The van der Waals surface area contributed by atoms with Crippen molar-refractivity contribution >= 4 is 22.2 Å². The number of carbonyl (C=O) groups is 1. The van der Waals surface area contributed by atoms with E-state index in [1.807, 2.05) is 50.2 Å². The van der Waals surface area contributed by atoms with E-state index in [1.165, 1.54) is 54.1 Å². The zero-order chi connectivity index (χ0) is 74.8. The van der Waals surface area contributed by atoms with Crippen LogP contribution >= 0.6 is 15.9 Å². The van der Waals surface area contributed by atoms with Gasteiger partial charge in [0.1, 0.15) is 40.5 Å². The zero-order valence-corrected chi connectivity index (χ0v) is 66.5. The van der Waals surface area contributed by atoms with E-state index in [0.717, 1.165) is 92.7 Å². The van der Waals surface area contributed by atoms with Crippen LogP contribution in [0.25, 0.3) is 0 Å². The first-order chi connectivity index (χ1) is 48.8.